The van der Waals surface area contributed by atoms with E-state index >= 15 is 0 Å². The Hall–Kier alpha value is -4.93. The molecule has 0 radical (unpaired) electrons. The van der Waals surface area contributed by atoms with Crippen molar-refractivity contribution in [3.63, 3.8) is 0 Å². The number of carbonyl (C=O) groups excluding carboxylic acids is 1. The molecule has 5 aromatic rings. The van der Waals surface area contributed by atoms with E-state index in [0.29, 0.717) is 5.56 Å². The van der Waals surface area contributed by atoms with E-state index < -0.39 is 41.7 Å². The molecular weight excluding hydrogens is 570 g/mol. The summed E-state index contributed by atoms with van der Waals surface area (Å²) >= 11 is 0. The number of aliphatic hydroxyl groups is 2. The van der Waals surface area contributed by atoms with Crippen molar-refractivity contribution >= 4 is 11.7 Å². The number of anilines is 1. The van der Waals surface area contributed by atoms with E-state index in [9.17, 15) is 19.8 Å². The van der Waals surface area contributed by atoms with Crippen LogP contribution in [0, 0.1) is 6.92 Å². The summed E-state index contributed by atoms with van der Waals surface area (Å²) in [4.78, 5) is 29.6. The lowest BCUT2D eigenvalue weighted by Gasteiger charge is -2.37. The van der Waals surface area contributed by atoms with Crippen molar-refractivity contribution in [3.8, 4) is 0 Å². The molecule has 1 aliphatic rings. The first-order valence-electron chi connectivity index (χ1n) is 14.7. The number of nitrogens with zero attached hydrogens (tertiary/aromatic N) is 2. The average molecular weight is 604 g/mol. The minimum Gasteiger partial charge on any atom is -0.387 e. The molecule has 0 saturated carbocycles. The SMILES string of the molecule is Cc1ccc(C(=O)Nc2ccn([C@@H]3O[C@@H](COC(c4ccccc4)(c4ccccc4)c4ccccc4)[C@@H](O)[C@@H]3O)c(=O)n2)cc1. The monoisotopic (exact) mass is 603 g/mol. The lowest BCUT2D eigenvalue weighted by Crippen LogP contribution is -2.39. The van der Waals surface area contributed by atoms with Crippen molar-refractivity contribution in [3.05, 3.63) is 166 Å². The summed E-state index contributed by atoms with van der Waals surface area (Å²) in [6.07, 6.45) is -3.64. The average Bonchev–Trinajstić information content (AvgIpc) is 3.35. The van der Waals surface area contributed by atoms with E-state index in [4.69, 9.17) is 9.47 Å². The zero-order valence-electron chi connectivity index (χ0n) is 24.6. The highest BCUT2D eigenvalue weighted by Gasteiger charge is 2.46. The number of aryl methyl sites for hydroxylation is 1. The van der Waals surface area contributed by atoms with Gasteiger partial charge in [0.15, 0.2) is 6.23 Å². The highest BCUT2D eigenvalue weighted by molar-refractivity contribution is 6.03. The second-order valence-electron chi connectivity index (χ2n) is 11.0. The number of carbonyl (C=O) groups is 1. The smallest absolute Gasteiger partial charge is 0.351 e. The van der Waals surface area contributed by atoms with Gasteiger partial charge in [0.05, 0.1) is 6.61 Å². The number of ether oxygens (including phenoxy) is 2. The fourth-order valence-electron chi connectivity index (χ4n) is 5.64. The van der Waals surface area contributed by atoms with Gasteiger partial charge in [0.25, 0.3) is 5.91 Å². The van der Waals surface area contributed by atoms with Crippen molar-refractivity contribution in [2.75, 3.05) is 11.9 Å². The van der Waals surface area contributed by atoms with Crippen LogP contribution < -0.4 is 11.0 Å². The predicted molar refractivity (Wildman–Crippen MR) is 169 cm³/mol. The van der Waals surface area contributed by atoms with Crippen LogP contribution in [0.3, 0.4) is 0 Å². The van der Waals surface area contributed by atoms with Crippen LogP contribution in [0.15, 0.2) is 132 Å². The summed E-state index contributed by atoms with van der Waals surface area (Å²) in [5, 5.41) is 24.7. The van der Waals surface area contributed by atoms with Crippen molar-refractivity contribution in [1.82, 2.24) is 9.55 Å². The maximum Gasteiger partial charge on any atom is 0.351 e. The zero-order chi connectivity index (χ0) is 31.4. The first kappa shape index (κ1) is 30.1. The van der Waals surface area contributed by atoms with Gasteiger partial charge in [-0.15, -0.1) is 0 Å². The molecule has 45 heavy (non-hydrogen) atoms. The molecule has 1 saturated heterocycles. The molecule has 9 nitrogen and oxygen atoms in total. The Morgan fingerprint density at radius 1 is 0.822 bits per heavy atom. The molecule has 4 atom stereocenters. The van der Waals surface area contributed by atoms with E-state index in [0.717, 1.165) is 26.8 Å². The minimum absolute atomic E-state index is 0.0492. The van der Waals surface area contributed by atoms with Crippen LogP contribution in [0.1, 0.15) is 38.8 Å². The first-order chi connectivity index (χ1) is 21.9. The van der Waals surface area contributed by atoms with Crippen LogP contribution in [0.25, 0.3) is 0 Å². The number of nitrogens with one attached hydrogen (secondary N) is 1. The van der Waals surface area contributed by atoms with Crippen molar-refractivity contribution < 1.29 is 24.5 Å². The van der Waals surface area contributed by atoms with Crippen LogP contribution in [-0.2, 0) is 15.1 Å². The molecule has 4 aromatic carbocycles. The van der Waals surface area contributed by atoms with E-state index in [1.807, 2.05) is 110 Å². The van der Waals surface area contributed by atoms with Gasteiger partial charge in [0.1, 0.15) is 29.7 Å². The Bertz CT molecular complexity index is 1700. The predicted octanol–water partition coefficient (Wildman–Crippen LogP) is 4.43. The van der Waals surface area contributed by atoms with Gasteiger partial charge in [-0.2, -0.15) is 4.98 Å². The number of amides is 1. The van der Waals surface area contributed by atoms with E-state index in [1.54, 1.807) is 12.1 Å². The lowest BCUT2D eigenvalue weighted by atomic mass is 9.80. The molecule has 228 valence electrons. The maximum absolute atomic E-state index is 13.0. The molecular formula is C36H33N3O6. The molecule has 2 heterocycles. The molecule has 0 spiro atoms. The molecule has 1 aliphatic heterocycles. The molecule has 3 N–H and O–H groups in total. The second kappa shape index (κ2) is 13.0. The number of benzene rings is 4. The maximum atomic E-state index is 13.0. The molecule has 0 aliphatic carbocycles. The summed E-state index contributed by atoms with van der Waals surface area (Å²) in [6.45, 7) is 1.81. The highest BCUT2D eigenvalue weighted by Crippen LogP contribution is 2.41. The molecule has 0 bridgehead atoms. The van der Waals surface area contributed by atoms with Crippen LogP contribution in [-0.4, -0.2) is 50.6 Å². The molecule has 1 aromatic heterocycles. The van der Waals surface area contributed by atoms with E-state index in [2.05, 4.69) is 10.3 Å². The minimum atomic E-state index is -1.44. The number of aliphatic hydroxyl groups excluding tert-OH is 2. The van der Waals surface area contributed by atoms with Crippen LogP contribution >= 0.6 is 0 Å². The Labute approximate surface area is 260 Å². The first-order valence-corrected chi connectivity index (χ1v) is 14.7. The summed E-state index contributed by atoms with van der Waals surface area (Å²) in [5.41, 5.74) is 2.22. The number of hydrogen-bond donors (Lipinski definition) is 3. The normalized spacial score (nSPS) is 19.7. The Morgan fingerprint density at radius 2 is 1.36 bits per heavy atom. The topological polar surface area (TPSA) is 123 Å². The van der Waals surface area contributed by atoms with Gasteiger partial charge in [-0.3, -0.25) is 9.36 Å². The molecule has 1 amide bonds. The molecule has 1 fully saturated rings. The third-order valence-electron chi connectivity index (χ3n) is 8.00. The Morgan fingerprint density at radius 3 is 1.87 bits per heavy atom. The van der Waals surface area contributed by atoms with Gasteiger partial charge in [-0.05, 0) is 41.8 Å². The number of aromatic nitrogens is 2. The largest absolute Gasteiger partial charge is 0.387 e. The highest BCUT2D eigenvalue weighted by atomic mass is 16.6. The van der Waals surface area contributed by atoms with Gasteiger partial charge >= 0.3 is 5.69 Å². The summed E-state index contributed by atoms with van der Waals surface area (Å²) in [5.74, 6) is -0.365. The van der Waals surface area contributed by atoms with Crippen molar-refractivity contribution in [2.45, 2.75) is 37.1 Å². The molecule has 0 unspecified atom stereocenters. The fraction of sp³-hybridized carbons (Fsp3) is 0.194. The van der Waals surface area contributed by atoms with Gasteiger partial charge < -0.3 is 25.0 Å². The van der Waals surface area contributed by atoms with E-state index in [1.165, 1.54) is 12.3 Å². The third-order valence-corrected chi connectivity index (χ3v) is 8.00. The number of hydrogen-bond acceptors (Lipinski definition) is 7. The van der Waals surface area contributed by atoms with Gasteiger partial charge in [-0.25, -0.2) is 4.79 Å². The molecule has 6 rings (SSSR count). The quantitative estimate of drug-likeness (QED) is 0.213. The van der Waals surface area contributed by atoms with Gasteiger partial charge in [0, 0.05) is 11.8 Å². The summed E-state index contributed by atoms with van der Waals surface area (Å²) in [6, 6.07) is 37.7. The van der Waals surface area contributed by atoms with Gasteiger partial charge in [-0.1, -0.05) is 109 Å². The van der Waals surface area contributed by atoms with E-state index in [-0.39, 0.29) is 12.4 Å². The zero-order valence-corrected chi connectivity index (χ0v) is 24.6. The Kier molecular flexibility index (Phi) is 8.68. The number of rotatable bonds is 9. The summed E-state index contributed by atoms with van der Waals surface area (Å²) < 4.78 is 13.9. The van der Waals surface area contributed by atoms with Crippen LogP contribution in [0.4, 0.5) is 5.82 Å². The van der Waals surface area contributed by atoms with Crippen LogP contribution in [0.5, 0.6) is 0 Å². The fourth-order valence-corrected chi connectivity index (χ4v) is 5.64. The lowest BCUT2D eigenvalue weighted by molar-refractivity contribution is -0.0958. The van der Waals surface area contributed by atoms with Gasteiger partial charge in [0.2, 0.25) is 0 Å². The second-order valence-corrected chi connectivity index (χ2v) is 11.0. The third kappa shape index (κ3) is 6.07. The van der Waals surface area contributed by atoms with Crippen molar-refractivity contribution in [1.29, 1.82) is 0 Å². The Balaban J connectivity index is 1.25. The van der Waals surface area contributed by atoms with Crippen molar-refractivity contribution in [2.24, 2.45) is 0 Å². The summed E-state index contributed by atoms with van der Waals surface area (Å²) in [7, 11) is 0. The van der Waals surface area contributed by atoms with Crippen LogP contribution in [0.2, 0.25) is 0 Å². The standard InChI is InChI=1S/C36H33N3O6/c1-24-17-19-25(20-18-24)33(42)37-30-21-22-39(35(43)38-30)34-32(41)31(40)29(45-34)23-44-36(26-11-5-2-6-12-26,27-13-7-3-8-14-27)28-15-9-4-10-16-28/h2-22,29,31-32,34,40-41H,23H2,1H3,(H,37,38,42,43)/t29-,31+,32-,34+/m0/s1. The molecule has 9 heteroatoms.